The lowest BCUT2D eigenvalue weighted by atomic mass is 10.2. The highest BCUT2D eigenvalue weighted by molar-refractivity contribution is 6.33. The molecular formula is C17H19ClF3N3O2. The molecule has 5 nitrogen and oxygen atoms in total. The Hall–Kier alpha value is -1.80. The standard InChI is InChI=1S/C17H19ClF3N3O2/c1-23-4-6-24(7-5-23)16(26)12-9-11(12)15(25)22-14-8-10(17(19,20)21)2-3-13(14)18/h2-3,8,11-12H,4-7,9H2,1H3,(H,22,25). The Bertz CT molecular complexity index is 718. The predicted molar refractivity (Wildman–Crippen MR) is 90.8 cm³/mol. The Balaban J connectivity index is 1.61. The van der Waals surface area contributed by atoms with Gasteiger partial charge in [0.1, 0.15) is 0 Å². The van der Waals surface area contributed by atoms with Crippen LogP contribution in [-0.2, 0) is 15.8 Å². The Morgan fingerprint density at radius 1 is 1.15 bits per heavy atom. The molecule has 1 aromatic rings. The average Bonchev–Trinajstić information content (AvgIpc) is 3.36. The fourth-order valence-corrected chi connectivity index (χ4v) is 3.21. The molecule has 2 aliphatic rings. The van der Waals surface area contributed by atoms with Crippen LogP contribution < -0.4 is 5.32 Å². The van der Waals surface area contributed by atoms with Crippen molar-refractivity contribution >= 4 is 29.1 Å². The van der Waals surface area contributed by atoms with Gasteiger partial charge in [-0.2, -0.15) is 13.2 Å². The number of anilines is 1. The zero-order valence-electron chi connectivity index (χ0n) is 14.1. The number of carbonyl (C=O) groups excluding carboxylic acids is 2. The van der Waals surface area contributed by atoms with Gasteiger partial charge in [0.05, 0.1) is 28.1 Å². The molecule has 9 heteroatoms. The molecule has 2 fully saturated rings. The Morgan fingerprint density at radius 3 is 2.42 bits per heavy atom. The summed E-state index contributed by atoms with van der Waals surface area (Å²) in [4.78, 5) is 28.6. The molecule has 26 heavy (non-hydrogen) atoms. The van der Waals surface area contributed by atoms with Crippen LogP contribution in [0.4, 0.5) is 18.9 Å². The number of likely N-dealkylation sites (N-methyl/N-ethyl adjacent to an activating group) is 1. The molecule has 142 valence electrons. The van der Waals surface area contributed by atoms with E-state index in [1.807, 2.05) is 7.05 Å². The number of nitrogens with one attached hydrogen (secondary N) is 1. The molecule has 1 aromatic carbocycles. The van der Waals surface area contributed by atoms with E-state index in [1.54, 1.807) is 4.90 Å². The van der Waals surface area contributed by atoms with Gasteiger partial charge < -0.3 is 15.1 Å². The van der Waals surface area contributed by atoms with Gasteiger partial charge in [-0.3, -0.25) is 9.59 Å². The molecule has 0 bridgehead atoms. The number of benzene rings is 1. The topological polar surface area (TPSA) is 52.7 Å². The largest absolute Gasteiger partial charge is 0.416 e. The van der Waals surface area contributed by atoms with Gasteiger partial charge in [-0.25, -0.2) is 0 Å². The maximum Gasteiger partial charge on any atom is 0.416 e. The van der Waals surface area contributed by atoms with Gasteiger partial charge in [0.2, 0.25) is 11.8 Å². The van der Waals surface area contributed by atoms with Crippen molar-refractivity contribution in [1.82, 2.24) is 9.80 Å². The number of amides is 2. The molecule has 1 heterocycles. The van der Waals surface area contributed by atoms with Crippen LogP contribution >= 0.6 is 11.6 Å². The fraction of sp³-hybridized carbons (Fsp3) is 0.529. The Kier molecular flexibility index (Phi) is 5.16. The lowest BCUT2D eigenvalue weighted by molar-refractivity contribution is -0.137. The van der Waals surface area contributed by atoms with E-state index in [9.17, 15) is 22.8 Å². The summed E-state index contributed by atoms with van der Waals surface area (Å²) in [5, 5.41) is 2.45. The Morgan fingerprint density at radius 2 is 1.81 bits per heavy atom. The first-order chi connectivity index (χ1) is 12.2. The highest BCUT2D eigenvalue weighted by Gasteiger charge is 2.49. The van der Waals surface area contributed by atoms with E-state index in [4.69, 9.17) is 11.6 Å². The third kappa shape index (κ3) is 4.12. The van der Waals surface area contributed by atoms with Crippen LogP contribution in [0.3, 0.4) is 0 Å². The highest BCUT2D eigenvalue weighted by atomic mass is 35.5. The van der Waals surface area contributed by atoms with Crippen LogP contribution in [0, 0.1) is 11.8 Å². The van der Waals surface area contributed by atoms with E-state index in [-0.39, 0.29) is 16.6 Å². The summed E-state index contributed by atoms with van der Waals surface area (Å²) in [6.07, 6.45) is -4.11. The van der Waals surface area contributed by atoms with Gasteiger partial charge in [0.25, 0.3) is 0 Å². The van der Waals surface area contributed by atoms with Crippen LogP contribution in [0.1, 0.15) is 12.0 Å². The quantitative estimate of drug-likeness (QED) is 0.864. The first-order valence-corrected chi connectivity index (χ1v) is 8.69. The molecule has 0 aromatic heterocycles. The molecule has 1 saturated heterocycles. The van der Waals surface area contributed by atoms with Crippen molar-refractivity contribution in [2.24, 2.45) is 11.8 Å². The monoisotopic (exact) mass is 389 g/mol. The number of rotatable bonds is 3. The van der Waals surface area contributed by atoms with Gasteiger partial charge in [-0.15, -0.1) is 0 Å². The normalized spacial score (nSPS) is 23.7. The second kappa shape index (κ2) is 7.08. The number of hydrogen-bond acceptors (Lipinski definition) is 3. The molecule has 0 spiro atoms. The van der Waals surface area contributed by atoms with Crippen LogP contribution in [0.2, 0.25) is 5.02 Å². The van der Waals surface area contributed by atoms with E-state index in [1.165, 1.54) is 0 Å². The van der Waals surface area contributed by atoms with E-state index >= 15 is 0 Å². The van der Waals surface area contributed by atoms with Gasteiger partial charge in [0, 0.05) is 26.2 Å². The molecule has 1 aliphatic heterocycles. The van der Waals surface area contributed by atoms with Crippen molar-refractivity contribution in [2.75, 3.05) is 38.5 Å². The van der Waals surface area contributed by atoms with E-state index in [2.05, 4.69) is 10.2 Å². The van der Waals surface area contributed by atoms with Crippen LogP contribution in [-0.4, -0.2) is 54.8 Å². The molecule has 1 aliphatic carbocycles. The van der Waals surface area contributed by atoms with Crippen molar-refractivity contribution in [3.8, 4) is 0 Å². The third-order valence-corrected chi connectivity index (χ3v) is 5.14. The second-order valence-corrected chi connectivity index (χ2v) is 7.17. The van der Waals surface area contributed by atoms with Gasteiger partial charge in [0.15, 0.2) is 0 Å². The molecule has 1 N–H and O–H groups in total. The predicted octanol–water partition coefficient (Wildman–Crippen LogP) is 2.71. The maximum atomic E-state index is 12.8. The van der Waals surface area contributed by atoms with E-state index in [0.29, 0.717) is 19.5 Å². The first kappa shape index (κ1) is 19.0. The van der Waals surface area contributed by atoms with Gasteiger partial charge in [-0.1, -0.05) is 11.6 Å². The van der Waals surface area contributed by atoms with E-state index in [0.717, 1.165) is 31.3 Å². The molecular weight excluding hydrogens is 371 g/mol. The minimum absolute atomic E-state index is 0.0222. The summed E-state index contributed by atoms with van der Waals surface area (Å²) in [7, 11) is 1.98. The number of hydrogen-bond donors (Lipinski definition) is 1. The molecule has 1 saturated carbocycles. The molecule has 2 unspecified atom stereocenters. The number of halogens is 4. The smallest absolute Gasteiger partial charge is 0.340 e. The molecule has 2 atom stereocenters. The average molecular weight is 390 g/mol. The fourth-order valence-electron chi connectivity index (χ4n) is 3.04. The lowest BCUT2D eigenvalue weighted by Crippen LogP contribution is -2.48. The SMILES string of the molecule is CN1CCN(C(=O)C2CC2C(=O)Nc2cc(C(F)(F)F)ccc2Cl)CC1. The van der Waals surface area contributed by atoms with Crippen LogP contribution in [0.25, 0.3) is 0 Å². The summed E-state index contributed by atoms with van der Waals surface area (Å²) < 4.78 is 38.4. The number of alkyl halides is 3. The van der Waals surface area contributed by atoms with Crippen molar-refractivity contribution in [1.29, 1.82) is 0 Å². The number of nitrogens with zero attached hydrogens (tertiary/aromatic N) is 2. The zero-order chi connectivity index (χ0) is 19.1. The summed E-state index contributed by atoms with van der Waals surface area (Å²) >= 11 is 5.89. The minimum atomic E-state index is -4.52. The van der Waals surface area contributed by atoms with Crippen molar-refractivity contribution in [3.05, 3.63) is 28.8 Å². The zero-order valence-corrected chi connectivity index (χ0v) is 14.9. The molecule has 2 amide bonds. The Labute approximate surface area is 154 Å². The summed E-state index contributed by atoms with van der Waals surface area (Å²) in [5.41, 5.74) is -0.984. The number of carbonyl (C=O) groups is 2. The third-order valence-electron chi connectivity index (χ3n) is 4.81. The summed E-state index contributed by atoms with van der Waals surface area (Å²) in [6, 6.07) is 2.76. The second-order valence-electron chi connectivity index (χ2n) is 6.76. The van der Waals surface area contributed by atoms with Crippen molar-refractivity contribution < 1.29 is 22.8 Å². The van der Waals surface area contributed by atoms with Gasteiger partial charge >= 0.3 is 6.18 Å². The highest BCUT2D eigenvalue weighted by Crippen LogP contribution is 2.42. The minimum Gasteiger partial charge on any atom is -0.340 e. The molecule has 3 rings (SSSR count). The van der Waals surface area contributed by atoms with Crippen molar-refractivity contribution in [3.63, 3.8) is 0 Å². The summed E-state index contributed by atoms with van der Waals surface area (Å²) in [5.74, 6) is -1.46. The maximum absolute atomic E-state index is 12.8. The molecule has 0 radical (unpaired) electrons. The van der Waals surface area contributed by atoms with Gasteiger partial charge in [-0.05, 0) is 31.7 Å². The van der Waals surface area contributed by atoms with Crippen molar-refractivity contribution in [2.45, 2.75) is 12.6 Å². The van der Waals surface area contributed by atoms with Crippen LogP contribution in [0.15, 0.2) is 18.2 Å². The number of piperazine rings is 1. The lowest BCUT2D eigenvalue weighted by Gasteiger charge is -2.32. The van der Waals surface area contributed by atoms with E-state index < -0.39 is 29.5 Å². The first-order valence-electron chi connectivity index (χ1n) is 8.32. The van der Waals surface area contributed by atoms with Crippen LogP contribution in [0.5, 0.6) is 0 Å². The summed E-state index contributed by atoms with van der Waals surface area (Å²) in [6.45, 7) is 2.82.